The fourth-order valence-corrected chi connectivity index (χ4v) is 3.51. The third kappa shape index (κ3) is 4.13. The molecule has 146 valence electrons. The smallest absolute Gasteiger partial charge is 0.238 e. The van der Waals surface area contributed by atoms with Crippen LogP contribution in [0.5, 0.6) is 0 Å². The molecule has 8 nitrogen and oxygen atoms in total. The molecule has 3 heterocycles. The van der Waals surface area contributed by atoms with Gasteiger partial charge >= 0.3 is 0 Å². The summed E-state index contributed by atoms with van der Waals surface area (Å²) < 4.78 is 3.60. The van der Waals surface area contributed by atoms with Crippen molar-refractivity contribution in [2.75, 3.05) is 18.4 Å². The van der Waals surface area contributed by atoms with Crippen molar-refractivity contribution in [2.45, 2.75) is 25.6 Å². The maximum absolute atomic E-state index is 12.4. The highest BCUT2D eigenvalue weighted by Crippen LogP contribution is 2.23. The largest absolute Gasteiger partial charge is 0.382 e. The van der Waals surface area contributed by atoms with Crippen molar-refractivity contribution < 1.29 is 9.90 Å². The molecule has 0 aliphatic carbocycles. The van der Waals surface area contributed by atoms with Gasteiger partial charge in [0.05, 0.1) is 29.8 Å². The van der Waals surface area contributed by atoms with Crippen molar-refractivity contribution >= 4 is 11.6 Å². The minimum Gasteiger partial charge on any atom is -0.382 e. The number of aliphatic hydroxyl groups excluding tert-OH is 1. The summed E-state index contributed by atoms with van der Waals surface area (Å²) >= 11 is 0. The van der Waals surface area contributed by atoms with Crippen LogP contribution in [0.2, 0.25) is 0 Å². The molecule has 2 aromatic heterocycles. The van der Waals surface area contributed by atoms with Gasteiger partial charge in [0.1, 0.15) is 6.10 Å². The highest BCUT2D eigenvalue weighted by atomic mass is 16.3. The SMILES string of the molecule is Cn1cc(NC(=O)CN2CCCn3nc([C@@H](O)c4ccccc4)cc3C2)cn1. The van der Waals surface area contributed by atoms with Gasteiger partial charge in [-0.15, -0.1) is 0 Å². The molecule has 1 atom stereocenters. The predicted molar refractivity (Wildman–Crippen MR) is 104 cm³/mol. The van der Waals surface area contributed by atoms with E-state index >= 15 is 0 Å². The number of hydrogen-bond acceptors (Lipinski definition) is 5. The van der Waals surface area contributed by atoms with E-state index in [-0.39, 0.29) is 5.91 Å². The molecule has 1 aliphatic rings. The number of hydrogen-bond donors (Lipinski definition) is 2. The number of carbonyl (C=O) groups is 1. The van der Waals surface area contributed by atoms with Gasteiger partial charge in [0.15, 0.2) is 0 Å². The van der Waals surface area contributed by atoms with Gasteiger partial charge in [-0.3, -0.25) is 19.1 Å². The Morgan fingerprint density at radius 3 is 2.86 bits per heavy atom. The third-order valence-electron chi connectivity index (χ3n) is 4.86. The fourth-order valence-electron chi connectivity index (χ4n) is 3.51. The number of nitrogens with one attached hydrogen (secondary N) is 1. The average Bonchev–Trinajstić information content (AvgIpc) is 3.23. The van der Waals surface area contributed by atoms with Crippen LogP contribution in [-0.4, -0.2) is 48.6 Å². The number of anilines is 1. The Bertz CT molecular complexity index is 949. The van der Waals surface area contributed by atoms with Gasteiger partial charge in [-0.25, -0.2) is 0 Å². The summed E-state index contributed by atoms with van der Waals surface area (Å²) in [5.41, 5.74) is 3.17. The zero-order valence-electron chi connectivity index (χ0n) is 15.8. The van der Waals surface area contributed by atoms with E-state index in [4.69, 9.17) is 0 Å². The average molecular weight is 380 g/mol. The highest BCUT2D eigenvalue weighted by molar-refractivity contribution is 5.91. The van der Waals surface area contributed by atoms with Gasteiger partial charge in [-0.05, 0) is 18.1 Å². The summed E-state index contributed by atoms with van der Waals surface area (Å²) in [4.78, 5) is 14.5. The number of amides is 1. The number of aliphatic hydroxyl groups is 1. The molecular formula is C20H24N6O2. The van der Waals surface area contributed by atoms with Crippen molar-refractivity contribution in [1.29, 1.82) is 0 Å². The Kier molecular flexibility index (Phi) is 5.23. The molecule has 28 heavy (non-hydrogen) atoms. The molecule has 8 heteroatoms. The van der Waals surface area contributed by atoms with Crippen LogP contribution in [0, 0.1) is 0 Å². The van der Waals surface area contributed by atoms with Crippen molar-refractivity contribution in [2.24, 2.45) is 7.05 Å². The van der Waals surface area contributed by atoms with Crippen molar-refractivity contribution in [3.63, 3.8) is 0 Å². The molecule has 0 bridgehead atoms. The zero-order valence-corrected chi connectivity index (χ0v) is 15.8. The molecule has 0 spiro atoms. The Hall–Kier alpha value is -2.97. The minimum atomic E-state index is -0.747. The highest BCUT2D eigenvalue weighted by Gasteiger charge is 2.22. The first-order chi connectivity index (χ1) is 13.6. The van der Waals surface area contributed by atoms with E-state index in [1.807, 2.05) is 48.1 Å². The van der Waals surface area contributed by atoms with Gasteiger partial charge in [-0.1, -0.05) is 30.3 Å². The topological polar surface area (TPSA) is 88.2 Å². The van der Waals surface area contributed by atoms with Gasteiger partial charge in [0, 0.05) is 32.9 Å². The Balaban J connectivity index is 1.43. The van der Waals surface area contributed by atoms with E-state index in [2.05, 4.69) is 20.4 Å². The molecular weight excluding hydrogens is 356 g/mol. The number of rotatable bonds is 5. The summed E-state index contributed by atoms with van der Waals surface area (Å²) in [6, 6.07) is 11.5. The van der Waals surface area contributed by atoms with Crippen molar-refractivity contribution in [1.82, 2.24) is 24.5 Å². The van der Waals surface area contributed by atoms with Gasteiger partial charge in [-0.2, -0.15) is 10.2 Å². The second-order valence-electron chi connectivity index (χ2n) is 7.11. The van der Waals surface area contributed by atoms with Crippen LogP contribution in [0.4, 0.5) is 5.69 Å². The maximum atomic E-state index is 12.4. The van der Waals surface area contributed by atoms with Crippen LogP contribution in [0.3, 0.4) is 0 Å². The van der Waals surface area contributed by atoms with Gasteiger partial charge < -0.3 is 10.4 Å². The van der Waals surface area contributed by atoms with Crippen LogP contribution in [0.15, 0.2) is 48.8 Å². The summed E-state index contributed by atoms with van der Waals surface area (Å²) in [5, 5.41) is 22.2. The Morgan fingerprint density at radius 2 is 2.11 bits per heavy atom. The van der Waals surface area contributed by atoms with E-state index in [1.165, 1.54) is 0 Å². The second-order valence-corrected chi connectivity index (χ2v) is 7.11. The van der Waals surface area contributed by atoms with Crippen LogP contribution in [0.25, 0.3) is 0 Å². The lowest BCUT2D eigenvalue weighted by Gasteiger charge is -2.18. The van der Waals surface area contributed by atoms with Crippen LogP contribution in [0.1, 0.15) is 29.5 Å². The lowest BCUT2D eigenvalue weighted by molar-refractivity contribution is -0.117. The Labute approximate surface area is 163 Å². The molecule has 3 aromatic rings. The van der Waals surface area contributed by atoms with Crippen molar-refractivity contribution in [3.05, 3.63) is 65.7 Å². The summed E-state index contributed by atoms with van der Waals surface area (Å²) in [7, 11) is 1.81. The molecule has 0 radical (unpaired) electrons. The monoisotopic (exact) mass is 380 g/mol. The van der Waals surface area contributed by atoms with E-state index in [1.54, 1.807) is 17.1 Å². The minimum absolute atomic E-state index is 0.0643. The lowest BCUT2D eigenvalue weighted by Crippen LogP contribution is -2.33. The van der Waals surface area contributed by atoms with Crippen LogP contribution >= 0.6 is 0 Å². The first-order valence-electron chi connectivity index (χ1n) is 9.39. The number of carbonyl (C=O) groups excluding carboxylic acids is 1. The molecule has 0 saturated heterocycles. The number of aromatic nitrogens is 4. The lowest BCUT2D eigenvalue weighted by atomic mass is 10.1. The predicted octanol–water partition coefficient (Wildman–Crippen LogP) is 1.54. The molecule has 1 amide bonds. The van der Waals surface area contributed by atoms with Crippen LogP contribution in [-0.2, 0) is 24.9 Å². The normalized spacial score (nSPS) is 15.6. The summed E-state index contributed by atoms with van der Waals surface area (Å²) in [6.07, 6.45) is 3.55. The fraction of sp³-hybridized carbons (Fsp3) is 0.350. The molecule has 0 fully saturated rings. The number of nitrogens with zero attached hydrogens (tertiary/aromatic N) is 5. The van der Waals surface area contributed by atoms with Gasteiger partial charge in [0.2, 0.25) is 5.91 Å². The van der Waals surface area contributed by atoms with E-state index in [9.17, 15) is 9.90 Å². The number of aryl methyl sites for hydroxylation is 2. The summed E-state index contributed by atoms with van der Waals surface area (Å²) in [6.45, 7) is 2.52. The molecule has 4 rings (SSSR count). The third-order valence-corrected chi connectivity index (χ3v) is 4.86. The number of fused-ring (bicyclic) bond motifs is 1. The van der Waals surface area contributed by atoms with Gasteiger partial charge in [0.25, 0.3) is 0 Å². The first kappa shape index (κ1) is 18.4. The second kappa shape index (κ2) is 7.95. The molecule has 0 saturated carbocycles. The molecule has 1 aromatic carbocycles. The summed E-state index contributed by atoms with van der Waals surface area (Å²) in [5.74, 6) is -0.0643. The maximum Gasteiger partial charge on any atom is 0.238 e. The Morgan fingerprint density at radius 1 is 1.29 bits per heavy atom. The van der Waals surface area contributed by atoms with E-state index in [0.29, 0.717) is 24.5 Å². The van der Waals surface area contributed by atoms with Crippen LogP contribution < -0.4 is 5.32 Å². The van der Waals surface area contributed by atoms with E-state index < -0.39 is 6.10 Å². The molecule has 0 unspecified atom stereocenters. The van der Waals surface area contributed by atoms with E-state index in [0.717, 1.165) is 30.8 Å². The first-order valence-corrected chi connectivity index (χ1v) is 9.39. The standard InChI is InChI=1S/C20H24N6O2/c1-24-12-16(11-21-24)22-19(27)14-25-8-5-9-26-17(13-25)10-18(23-26)20(28)15-6-3-2-4-7-15/h2-4,6-7,10-12,20,28H,5,8-9,13-14H2,1H3,(H,22,27)/t20-/m0/s1. The zero-order chi connectivity index (χ0) is 19.5. The van der Waals surface area contributed by atoms with Crippen molar-refractivity contribution in [3.8, 4) is 0 Å². The quantitative estimate of drug-likeness (QED) is 0.701. The number of benzene rings is 1. The molecule has 1 aliphatic heterocycles. The molecule has 2 N–H and O–H groups in total.